The molecule has 0 aliphatic heterocycles. The third-order valence-electron chi connectivity index (χ3n) is 6.71. The first kappa shape index (κ1) is 57.8. The molecule has 29 nitrogen and oxygen atoms in total. The zero-order valence-electron chi connectivity index (χ0n) is 33.6. The van der Waals surface area contributed by atoms with E-state index in [9.17, 15) is 0 Å². The van der Waals surface area contributed by atoms with Crippen molar-refractivity contribution in [3.8, 4) is 0 Å². The number of ether oxygens (including phenoxy) is 13. The average molecular weight is 879 g/mol. The summed E-state index contributed by atoms with van der Waals surface area (Å²) in [5.41, 5.74) is 0. The SMILES string of the molecule is NOCCOCC(COCC(OCCON)OCC(OCCON)OCC(OCCON)OCC(OCCON)OCC(COCCON)OCCON)OCCON. The highest BCUT2D eigenvalue weighted by molar-refractivity contribution is 4.60. The molecule has 0 heterocycles. The van der Waals surface area contributed by atoms with Crippen molar-refractivity contribution < 1.29 is 100 Å². The van der Waals surface area contributed by atoms with Gasteiger partial charge in [0.05, 0.1) is 139 Å². The van der Waals surface area contributed by atoms with E-state index in [0.29, 0.717) is 0 Å². The van der Waals surface area contributed by atoms with E-state index in [1.165, 1.54) is 0 Å². The van der Waals surface area contributed by atoms with Gasteiger partial charge in [-0.1, -0.05) is 0 Å². The maximum Gasteiger partial charge on any atom is 0.181 e. The van der Waals surface area contributed by atoms with Gasteiger partial charge in [-0.15, -0.1) is 0 Å². The molecule has 0 aromatic heterocycles. The van der Waals surface area contributed by atoms with Crippen LogP contribution in [0.4, 0.5) is 0 Å². The summed E-state index contributed by atoms with van der Waals surface area (Å²) >= 11 is 0. The Balaban J connectivity index is 5.61. The number of nitrogens with two attached hydrogens (primary N) is 8. The van der Waals surface area contributed by atoms with Crippen molar-refractivity contribution in [1.82, 2.24) is 0 Å². The molecule has 6 unspecified atom stereocenters. The highest BCUT2D eigenvalue weighted by Crippen LogP contribution is 2.09. The predicted octanol–water partition coefficient (Wildman–Crippen LogP) is -5.63. The quantitative estimate of drug-likeness (QED) is 0.0160. The van der Waals surface area contributed by atoms with Crippen molar-refractivity contribution in [1.29, 1.82) is 0 Å². The minimum atomic E-state index is -1.03. The van der Waals surface area contributed by atoms with E-state index in [2.05, 4.69) is 38.7 Å². The Labute approximate surface area is 343 Å². The van der Waals surface area contributed by atoms with Gasteiger partial charge in [0.25, 0.3) is 0 Å². The summed E-state index contributed by atoms with van der Waals surface area (Å²) in [4.78, 5) is 36.7. The lowest BCUT2D eigenvalue weighted by Crippen LogP contribution is -2.38. The molecule has 0 fully saturated rings. The largest absolute Gasteiger partial charge is 0.376 e. The van der Waals surface area contributed by atoms with Gasteiger partial charge in [-0.3, -0.25) is 0 Å². The summed E-state index contributed by atoms with van der Waals surface area (Å²) in [7, 11) is 0. The van der Waals surface area contributed by atoms with Gasteiger partial charge < -0.3 is 100 Å². The van der Waals surface area contributed by atoms with Gasteiger partial charge in [-0.2, -0.15) is 0 Å². The fourth-order valence-corrected chi connectivity index (χ4v) is 4.01. The third kappa shape index (κ3) is 38.3. The second kappa shape index (κ2) is 46.3. The Bertz CT molecular complexity index is 837. The molecule has 356 valence electrons. The van der Waals surface area contributed by atoms with Crippen LogP contribution in [0.15, 0.2) is 0 Å². The molecule has 0 aliphatic carbocycles. The van der Waals surface area contributed by atoms with E-state index in [4.69, 9.17) is 109 Å². The molecule has 0 bridgehead atoms. The predicted molar refractivity (Wildman–Crippen MR) is 196 cm³/mol. The van der Waals surface area contributed by atoms with Crippen LogP contribution in [0.5, 0.6) is 0 Å². The first-order chi connectivity index (χ1) is 29.0. The normalized spacial score (nSPS) is 15.1. The first-order valence-electron chi connectivity index (χ1n) is 18.4. The van der Waals surface area contributed by atoms with E-state index in [0.717, 1.165) is 0 Å². The average Bonchev–Trinajstić information content (AvgIpc) is 3.24. The van der Waals surface area contributed by atoms with E-state index < -0.39 is 37.4 Å². The summed E-state index contributed by atoms with van der Waals surface area (Å²) < 4.78 is 75.2. The van der Waals surface area contributed by atoms with Gasteiger partial charge >= 0.3 is 0 Å². The summed E-state index contributed by atoms with van der Waals surface area (Å²) in [6.07, 6.45) is -5.04. The van der Waals surface area contributed by atoms with Crippen LogP contribution in [0.25, 0.3) is 0 Å². The molecule has 0 amide bonds. The summed E-state index contributed by atoms with van der Waals surface area (Å²) in [5, 5.41) is 0. The molecule has 6 atom stereocenters. The lowest BCUT2D eigenvalue weighted by molar-refractivity contribution is -0.270. The second-order valence-corrected chi connectivity index (χ2v) is 11.2. The molecule has 0 spiro atoms. The highest BCUT2D eigenvalue weighted by atomic mass is 16.8. The van der Waals surface area contributed by atoms with E-state index in [1.54, 1.807) is 0 Å². The molecular formula is C30H70N8O21. The molecule has 16 N–H and O–H groups in total. The Kier molecular flexibility index (Phi) is 45.4. The van der Waals surface area contributed by atoms with Gasteiger partial charge in [0.2, 0.25) is 0 Å². The molecule has 0 aromatic rings. The molecule has 0 aromatic carbocycles. The highest BCUT2D eigenvalue weighted by Gasteiger charge is 2.23. The van der Waals surface area contributed by atoms with Crippen LogP contribution in [0.2, 0.25) is 0 Å². The standard InChI is InChI=1S/C30H70N8O21/c31-52-9-1-39-17-25(42-3-11-54-33)19-41-21-27(44-5-13-56-35)49-23-29(46-7-15-58-37)51-24-30(47-8-16-59-38)50-22-28(45-6-14-57-36)48-20-26(43-4-12-55-34)18-40-2-10-53-32/h25-30H,1-24,31-38H2. The Morgan fingerprint density at radius 3 is 0.797 bits per heavy atom. The van der Waals surface area contributed by atoms with Crippen molar-refractivity contribution >= 4 is 0 Å². The molecule has 0 saturated carbocycles. The minimum Gasteiger partial charge on any atom is -0.376 e. The smallest absolute Gasteiger partial charge is 0.181 e. The van der Waals surface area contributed by atoms with Gasteiger partial charge in [-0.05, 0) is 0 Å². The number of rotatable bonds is 50. The van der Waals surface area contributed by atoms with Crippen molar-refractivity contribution in [3.63, 3.8) is 0 Å². The van der Waals surface area contributed by atoms with Gasteiger partial charge in [0, 0.05) is 0 Å². The number of hydrogen-bond donors (Lipinski definition) is 8. The van der Waals surface area contributed by atoms with Gasteiger partial charge in [0.1, 0.15) is 32.0 Å². The maximum absolute atomic E-state index is 5.99. The molecule has 0 rings (SSSR count). The second-order valence-electron chi connectivity index (χ2n) is 11.2. The van der Waals surface area contributed by atoms with Crippen LogP contribution >= 0.6 is 0 Å². The fraction of sp³-hybridized carbons (Fsp3) is 1.00. The zero-order valence-corrected chi connectivity index (χ0v) is 33.6. The molecular weight excluding hydrogens is 808 g/mol. The third-order valence-corrected chi connectivity index (χ3v) is 6.71. The Hall–Kier alpha value is -1.16. The topological polar surface area (TPSA) is 402 Å². The van der Waals surface area contributed by atoms with Crippen molar-refractivity contribution in [2.45, 2.75) is 37.4 Å². The van der Waals surface area contributed by atoms with Crippen molar-refractivity contribution in [2.24, 2.45) is 47.2 Å². The van der Waals surface area contributed by atoms with E-state index in [1.807, 2.05) is 0 Å². The van der Waals surface area contributed by atoms with Gasteiger partial charge in [-0.25, -0.2) is 47.2 Å². The van der Waals surface area contributed by atoms with Crippen LogP contribution in [-0.2, 0) is 100 Å². The summed E-state index contributed by atoms with van der Waals surface area (Å²) in [6, 6.07) is 0. The Morgan fingerprint density at radius 1 is 0.203 bits per heavy atom. The molecule has 0 saturated heterocycles. The van der Waals surface area contributed by atoms with E-state index >= 15 is 0 Å². The molecule has 29 heteroatoms. The van der Waals surface area contributed by atoms with Crippen molar-refractivity contribution in [2.75, 3.05) is 159 Å². The Morgan fingerprint density at radius 2 is 0.458 bits per heavy atom. The minimum absolute atomic E-state index is 0.00432. The lowest BCUT2D eigenvalue weighted by atomic mass is 10.4. The number of hydrogen-bond acceptors (Lipinski definition) is 29. The monoisotopic (exact) mass is 878 g/mol. The summed E-state index contributed by atoms with van der Waals surface area (Å²) in [6.45, 7) is 1.61. The van der Waals surface area contributed by atoms with Crippen LogP contribution in [0.3, 0.4) is 0 Å². The zero-order chi connectivity index (χ0) is 43.3. The maximum atomic E-state index is 5.99. The molecule has 0 aliphatic rings. The fourth-order valence-electron chi connectivity index (χ4n) is 4.01. The molecule has 0 radical (unpaired) electrons. The first-order valence-corrected chi connectivity index (χ1v) is 18.4. The lowest BCUT2D eigenvalue weighted by Gasteiger charge is -2.27. The van der Waals surface area contributed by atoms with Crippen LogP contribution < -0.4 is 47.2 Å². The van der Waals surface area contributed by atoms with Crippen molar-refractivity contribution in [3.05, 3.63) is 0 Å². The van der Waals surface area contributed by atoms with E-state index in [-0.39, 0.29) is 159 Å². The summed E-state index contributed by atoms with van der Waals surface area (Å²) in [5.74, 6) is 41.0. The van der Waals surface area contributed by atoms with Crippen LogP contribution in [-0.4, -0.2) is 196 Å². The molecule has 59 heavy (non-hydrogen) atoms. The van der Waals surface area contributed by atoms with Crippen LogP contribution in [0.1, 0.15) is 0 Å². The van der Waals surface area contributed by atoms with Gasteiger partial charge in [0.15, 0.2) is 25.2 Å². The van der Waals surface area contributed by atoms with Crippen LogP contribution in [0, 0.1) is 0 Å².